The number of rotatable bonds is 2. The third-order valence-corrected chi connectivity index (χ3v) is 2.34. The Balaban J connectivity index is 2.80. The first-order valence-electron chi connectivity index (χ1n) is 4.62. The lowest BCUT2D eigenvalue weighted by atomic mass is 9.87. The van der Waals surface area contributed by atoms with Gasteiger partial charge in [0.1, 0.15) is 5.69 Å². The van der Waals surface area contributed by atoms with Crippen LogP contribution in [0.4, 0.5) is 0 Å². The standard InChI is InChI=1S/C10H10BNO3/c1-11(15)12-8-5-3-2-4-7(8)6-9(12)10(13)14/h2-6,15H,1H3,(H,13,14). The third kappa shape index (κ3) is 1.51. The van der Waals surface area contributed by atoms with Crippen molar-refractivity contribution in [2.24, 2.45) is 0 Å². The lowest BCUT2D eigenvalue weighted by molar-refractivity contribution is 0.0689. The molecule has 2 rings (SSSR count). The maximum Gasteiger partial charge on any atom is 0.414 e. The van der Waals surface area contributed by atoms with Crippen LogP contribution in [-0.4, -0.2) is 27.6 Å². The Bertz CT molecular complexity index is 518. The van der Waals surface area contributed by atoms with Crippen LogP contribution >= 0.6 is 0 Å². The molecule has 0 aliphatic heterocycles. The molecule has 2 aromatic rings. The molecule has 0 saturated heterocycles. The predicted molar refractivity (Wildman–Crippen MR) is 58.1 cm³/mol. The molecule has 5 heteroatoms. The van der Waals surface area contributed by atoms with Crippen molar-refractivity contribution in [3.63, 3.8) is 0 Å². The molecule has 0 amide bonds. The van der Waals surface area contributed by atoms with Gasteiger partial charge in [-0.05, 0) is 24.3 Å². The molecule has 0 spiro atoms. The number of aromatic nitrogens is 1. The lowest BCUT2D eigenvalue weighted by Gasteiger charge is -2.07. The number of benzene rings is 1. The number of carboxylic acids is 1. The van der Waals surface area contributed by atoms with Crippen molar-refractivity contribution in [1.29, 1.82) is 0 Å². The molecule has 76 valence electrons. The molecule has 1 heterocycles. The number of para-hydroxylation sites is 1. The van der Waals surface area contributed by atoms with Crippen molar-refractivity contribution < 1.29 is 14.9 Å². The van der Waals surface area contributed by atoms with Crippen molar-refractivity contribution in [3.8, 4) is 0 Å². The van der Waals surface area contributed by atoms with Crippen LogP contribution in [0.2, 0.25) is 6.82 Å². The number of aromatic carboxylic acids is 1. The molecule has 4 nitrogen and oxygen atoms in total. The largest absolute Gasteiger partial charge is 0.477 e. The van der Waals surface area contributed by atoms with Gasteiger partial charge in [-0.3, -0.25) is 0 Å². The molecule has 0 aliphatic carbocycles. The van der Waals surface area contributed by atoms with Gasteiger partial charge in [0.15, 0.2) is 0 Å². The summed E-state index contributed by atoms with van der Waals surface area (Å²) < 4.78 is 1.40. The fourth-order valence-electron chi connectivity index (χ4n) is 1.74. The van der Waals surface area contributed by atoms with Crippen molar-refractivity contribution >= 4 is 23.9 Å². The van der Waals surface area contributed by atoms with E-state index >= 15 is 0 Å². The first-order valence-corrected chi connectivity index (χ1v) is 4.62. The molecule has 0 atom stereocenters. The second kappa shape index (κ2) is 3.44. The number of hydrogen-bond donors (Lipinski definition) is 2. The van der Waals surface area contributed by atoms with Gasteiger partial charge < -0.3 is 14.6 Å². The van der Waals surface area contributed by atoms with Gasteiger partial charge >= 0.3 is 13.0 Å². The van der Waals surface area contributed by atoms with E-state index in [4.69, 9.17) is 5.11 Å². The van der Waals surface area contributed by atoms with Gasteiger partial charge in [0.05, 0.1) is 0 Å². The van der Waals surface area contributed by atoms with Gasteiger partial charge in [0, 0.05) is 5.52 Å². The van der Waals surface area contributed by atoms with Crippen LogP contribution in [0.1, 0.15) is 10.5 Å². The van der Waals surface area contributed by atoms with Crippen LogP contribution in [0.15, 0.2) is 30.3 Å². The predicted octanol–water partition coefficient (Wildman–Crippen LogP) is 1.30. The SMILES string of the molecule is CB(O)n1c(C(=O)O)cc2ccccc21. The minimum Gasteiger partial charge on any atom is -0.477 e. The van der Waals surface area contributed by atoms with Crippen LogP contribution < -0.4 is 0 Å². The molecule has 0 radical (unpaired) electrons. The van der Waals surface area contributed by atoms with E-state index in [-0.39, 0.29) is 5.69 Å². The normalized spacial score (nSPS) is 10.5. The van der Waals surface area contributed by atoms with Gasteiger partial charge in [-0.15, -0.1) is 0 Å². The molecular weight excluding hydrogens is 193 g/mol. The molecule has 0 aliphatic rings. The summed E-state index contributed by atoms with van der Waals surface area (Å²) in [6.07, 6.45) is 0. The Kier molecular flexibility index (Phi) is 2.24. The zero-order chi connectivity index (χ0) is 11.0. The minimum atomic E-state index is -1.04. The van der Waals surface area contributed by atoms with Gasteiger partial charge in [0.25, 0.3) is 0 Å². The molecule has 1 aromatic carbocycles. The molecule has 0 saturated carbocycles. The number of fused-ring (bicyclic) bond motifs is 1. The number of hydrogen-bond acceptors (Lipinski definition) is 2. The highest BCUT2D eigenvalue weighted by atomic mass is 16.4. The Labute approximate surface area is 86.9 Å². The maximum absolute atomic E-state index is 11.0. The van der Waals surface area contributed by atoms with E-state index < -0.39 is 13.0 Å². The van der Waals surface area contributed by atoms with Crippen molar-refractivity contribution in [2.75, 3.05) is 0 Å². The maximum atomic E-state index is 11.0. The van der Waals surface area contributed by atoms with E-state index in [1.54, 1.807) is 19.0 Å². The quantitative estimate of drug-likeness (QED) is 0.723. The Morgan fingerprint density at radius 3 is 2.67 bits per heavy atom. The molecular formula is C10H10BNO3. The van der Waals surface area contributed by atoms with E-state index in [9.17, 15) is 9.82 Å². The summed E-state index contributed by atoms with van der Waals surface area (Å²) in [4.78, 5) is 11.0. The average Bonchev–Trinajstić information content (AvgIpc) is 2.56. The molecule has 0 bridgehead atoms. The van der Waals surface area contributed by atoms with Crippen LogP contribution in [0.25, 0.3) is 10.9 Å². The van der Waals surface area contributed by atoms with Crippen LogP contribution in [-0.2, 0) is 0 Å². The third-order valence-electron chi connectivity index (χ3n) is 2.34. The summed E-state index contributed by atoms with van der Waals surface area (Å²) in [6.45, 7) is 1.54. The number of carboxylic acid groups (broad SMARTS) is 1. The molecule has 0 unspecified atom stereocenters. The zero-order valence-electron chi connectivity index (χ0n) is 8.21. The summed E-state index contributed by atoms with van der Waals surface area (Å²) in [7, 11) is -0.851. The van der Waals surface area contributed by atoms with Crippen molar-refractivity contribution in [3.05, 3.63) is 36.0 Å². The number of carbonyl (C=O) groups is 1. The smallest absolute Gasteiger partial charge is 0.414 e. The van der Waals surface area contributed by atoms with Crippen molar-refractivity contribution in [1.82, 2.24) is 4.48 Å². The van der Waals surface area contributed by atoms with Crippen molar-refractivity contribution in [2.45, 2.75) is 6.82 Å². The topological polar surface area (TPSA) is 62.5 Å². The average molecular weight is 203 g/mol. The molecule has 2 N–H and O–H groups in total. The highest BCUT2D eigenvalue weighted by Gasteiger charge is 2.19. The van der Waals surface area contributed by atoms with Gasteiger partial charge in [0.2, 0.25) is 0 Å². The Hall–Kier alpha value is -1.75. The first kappa shape index (κ1) is 9.80. The molecule has 15 heavy (non-hydrogen) atoms. The number of nitrogens with zero attached hydrogens (tertiary/aromatic N) is 1. The van der Waals surface area contributed by atoms with E-state index in [0.29, 0.717) is 0 Å². The van der Waals surface area contributed by atoms with E-state index in [1.165, 1.54) is 4.48 Å². The van der Waals surface area contributed by atoms with Gasteiger partial charge in [-0.25, -0.2) is 4.79 Å². The minimum absolute atomic E-state index is 0.103. The second-order valence-electron chi connectivity index (χ2n) is 3.40. The summed E-state index contributed by atoms with van der Waals surface area (Å²) in [5.41, 5.74) is 0.830. The van der Waals surface area contributed by atoms with Crippen LogP contribution in [0.5, 0.6) is 0 Å². The summed E-state index contributed by atoms with van der Waals surface area (Å²) in [5.74, 6) is -1.04. The highest BCUT2D eigenvalue weighted by molar-refractivity contribution is 6.49. The highest BCUT2D eigenvalue weighted by Crippen LogP contribution is 2.19. The van der Waals surface area contributed by atoms with Gasteiger partial charge in [-0.2, -0.15) is 0 Å². The summed E-state index contributed by atoms with van der Waals surface area (Å²) in [6, 6.07) is 8.81. The van der Waals surface area contributed by atoms with E-state index in [2.05, 4.69) is 0 Å². The first-order chi connectivity index (χ1) is 7.11. The monoisotopic (exact) mass is 203 g/mol. The molecule has 1 aromatic heterocycles. The van der Waals surface area contributed by atoms with Crippen LogP contribution in [0.3, 0.4) is 0 Å². The Morgan fingerprint density at radius 2 is 2.07 bits per heavy atom. The van der Waals surface area contributed by atoms with E-state index in [0.717, 1.165) is 10.9 Å². The fraction of sp³-hybridized carbons (Fsp3) is 0.100. The summed E-state index contributed by atoms with van der Waals surface area (Å²) in [5, 5.41) is 19.3. The van der Waals surface area contributed by atoms with Gasteiger partial charge in [-0.1, -0.05) is 18.2 Å². The zero-order valence-corrected chi connectivity index (χ0v) is 8.21. The Morgan fingerprint density at radius 1 is 1.40 bits per heavy atom. The lowest BCUT2D eigenvalue weighted by Crippen LogP contribution is -2.23. The van der Waals surface area contributed by atoms with E-state index in [1.807, 2.05) is 18.2 Å². The fourth-order valence-corrected chi connectivity index (χ4v) is 1.74. The second-order valence-corrected chi connectivity index (χ2v) is 3.40. The van der Waals surface area contributed by atoms with Crippen LogP contribution in [0, 0.1) is 0 Å². The summed E-state index contributed by atoms with van der Waals surface area (Å²) >= 11 is 0. The molecule has 0 fully saturated rings.